The first kappa shape index (κ1) is 20.9. The Morgan fingerprint density at radius 2 is 1.25 bits per heavy atom. The topological polar surface area (TPSA) is 17.1 Å². The Bertz CT molecular complexity index is 6.00. The molecule has 4 heavy (non-hydrogen) atoms. The SMILES string of the molecule is O=[Si].[Ga].[Si]. The Labute approximate surface area is 45.7 Å². The Morgan fingerprint density at radius 1 is 1.25 bits per heavy atom. The molecule has 0 atom stereocenters. The maximum atomic E-state index is 8.06. The van der Waals surface area contributed by atoms with Gasteiger partial charge < -0.3 is 4.46 Å². The fourth-order valence-corrected chi connectivity index (χ4v) is 0. The van der Waals surface area contributed by atoms with E-state index < -0.39 is 0 Å². The van der Waals surface area contributed by atoms with Gasteiger partial charge in [-0.25, -0.2) is 0 Å². The second kappa shape index (κ2) is 42.1. The van der Waals surface area contributed by atoms with E-state index in [1.54, 1.807) is 10.1 Å². The maximum Gasteiger partial charge on any atom is 0.381 e. The number of hydrogen-bond donors (Lipinski definition) is 0. The van der Waals surface area contributed by atoms with Crippen LogP contribution in [0.25, 0.3) is 0 Å². The fourth-order valence-electron chi connectivity index (χ4n) is 0. The van der Waals surface area contributed by atoms with Crippen molar-refractivity contribution >= 4 is 40.9 Å². The van der Waals surface area contributed by atoms with E-state index in [9.17, 15) is 0 Å². The second-order valence-corrected chi connectivity index (χ2v) is 0. The van der Waals surface area contributed by atoms with Crippen LogP contribution in [0.3, 0.4) is 0 Å². The van der Waals surface area contributed by atoms with Crippen molar-refractivity contribution in [3.8, 4) is 0 Å². The molecule has 0 aliphatic carbocycles. The van der Waals surface area contributed by atoms with Gasteiger partial charge in [-0.1, -0.05) is 0 Å². The van der Waals surface area contributed by atoms with Crippen LogP contribution < -0.4 is 0 Å². The predicted octanol–water partition coefficient (Wildman–Crippen LogP) is -1.26. The zero-order valence-electron chi connectivity index (χ0n) is 1.99. The van der Waals surface area contributed by atoms with Crippen LogP contribution in [0.2, 0.25) is 0 Å². The summed E-state index contributed by atoms with van der Waals surface area (Å²) < 4.78 is 8.06. The van der Waals surface area contributed by atoms with Gasteiger partial charge in [0.2, 0.25) is 0 Å². The second-order valence-electron chi connectivity index (χ2n) is 0. The van der Waals surface area contributed by atoms with E-state index in [1.807, 2.05) is 0 Å². The van der Waals surface area contributed by atoms with E-state index in [0.717, 1.165) is 0 Å². The fraction of sp³-hybridized carbons (Fsp3) is 0. The van der Waals surface area contributed by atoms with Crippen LogP contribution in [-0.2, 0) is 4.46 Å². The summed E-state index contributed by atoms with van der Waals surface area (Å²) >= 11 is 0. The summed E-state index contributed by atoms with van der Waals surface area (Å²) in [5.74, 6) is 0. The summed E-state index contributed by atoms with van der Waals surface area (Å²) in [6.07, 6.45) is 0. The zero-order chi connectivity index (χ0) is 2.00. The summed E-state index contributed by atoms with van der Waals surface area (Å²) in [5, 5.41) is 0. The largest absolute Gasteiger partial charge is 0.381 e. The van der Waals surface area contributed by atoms with Gasteiger partial charge in [0.05, 0.1) is 0 Å². The van der Waals surface area contributed by atoms with Crippen LogP contribution in [0.1, 0.15) is 0 Å². The van der Waals surface area contributed by atoms with E-state index in [4.69, 9.17) is 4.46 Å². The molecule has 0 aromatic rings. The first-order chi connectivity index (χ1) is 1.00. The molecule has 0 unspecified atom stereocenters. The minimum atomic E-state index is 0. The van der Waals surface area contributed by atoms with Crippen molar-refractivity contribution in [3.05, 3.63) is 0 Å². The van der Waals surface area contributed by atoms with Crippen molar-refractivity contribution < 1.29 is 4.46 Å². The summed E-state index contributed by atoms with van der Waals surface area (Å²) in [6, 6.07) is 0. The average Bonchev–Trinajstić information content (AvgIpc) is 1.00. The van der Waals surface area contributed by atoms with Crippen molar-refractivity contribution in [2.24, 2.45) is 0 Å². The summed E-state index contributed by atoms with van der Waals surface area (Å²) in [5.41, 5.74) is 0. The van der Waals surface area contributed by atoms with Gasteiger partial charge in [-0.2, -0.15) is 0 Å². The van der Waals surface area contributed by atoms with Crippen LogP contribution in [-0.4, -0.2) is 40.9 Å². The van der Waals surface area contributed by atoms with Crippen LogP contribution >= 0.6 is 0 Å². The van der Waals surface area contributed by atoms with Crippen molar-refractivity contribution in [2.45, 2.75) is 0 Å². The molecular weight excluding hydrogens is 142 g/mol. The molecule has 0 amide bonds. The smallest absolute Gasteiger partial charge is 0.381 e. The van der Waals surface area contributed by atoms with Gasteiger partial charge in [0.1, 0.15) is 0 Å². The van der Waals surface area contributed by atoms with Gasteiger partial charge in [-0.3, -0.25) is 0 Å². The van der Waals surface area contributed by atoms with Crippen molar-refractivity contribution in [3.63, 3.8) is 0 Å². The normalized spacial score (nSPS) is 1.00. The molecular formula is GaOSi2. The zero-order valence-corrected chi connectivity index (χ0v) is 6.41. The van der Waals surface area contributed by atoms with Crippen molar-refractivity contribution in [2.75, 3.05) is 0 Å². The standard InChI is InChI=1S/Ga.OSi.Si/c;1-2;. The first-order valence-electron chi connectivity index (χ1n) is 0.204. The summed E-state index contributed by atoms with van der Waals surface area (Å²) in [6.45, 7) is 0. The summed E-state index contributed by atoms with van der Waals surface area (Å²) in [4.78, 5) is 0. The maximum absolute atomic E-state index is 8.06. The van der Waals surface area contributed by atoms with Crippen LogP contribution in [0.4, 0.5) is 0 Å². The molecule has 0 saturated heterocycles. The van der Waals surface area contributed by atoms with Gasteiger partial charge in [-0.15, -0.1) is 0 Å². The van der Waals surface area contributed by atoms with Crippen LogP contribution in [0.5, 0.6) is 0 Å². The Balaban J connectivity index is -0.00000000500. The molecule has 0 N–H and O–H groups in total. The molecule has 9 radical (unpaired) electrons. The van der Waals surface area contributed by atoms with Gasteiger partial charge >= 0.3 is 10.1 Å². The first-order valence-corrected chi connectivity index (χ1v) is 0.612. The molecule has 0 aliphatic heterocycles. The molecule has 0 aliphatic rings. The molecule has 17 valence electrons. The molecule has 0 saturated carbocycles. The number of hydrogen-bond acceptors (Lipinski definition) is 1. The third-order valence-corrected chi connectivity index (χ3v) is 0. The van der Waals surface area contributed by atoms with E-state index in [1.165, 1.54) is 0 Å². The average molecular weight is 142 g/mol. The Morgan fingerprint density at radius 3 is 1.25 bits per heavy atom. The third kappa shape index (κ3) is 13.3. The number of rotatable bonds is 0. The molecule has 0 rings (SSSR count). The Kier molecular flexibility index (Phi) is 220. The van der Waals surface area contributed by atoms with Gasteiger partial charge in [0, 0.05) is 30.8 Å². The molecule has 4 heteroatoms. The van der Waals surface area contributed by atoms with E-state index in [-0.39, 0.29) is 30.8 Å². The molecule has 0 fully saturated rings. The van der Waals surface area contributed by atoms with Crippen molar-refractivity contribution in [1.29, 1.82) is 0 Å². The molecule has 0 aromatic heterocycles. The minimum Gasteiger partial charge on any atom is -0.381 e. The minimum absolute atomic E-state index is 0. The summed E-state index contributed by atoms with van der Waals surface area (Å²) in [7, 11) is 1.72. The van der Waals surface area contributed by atoms with Crippen LogP contribution in [0, 0.1) is 0 Å². The molecule has 0 bridgehead atoms. The monoisotopic (exact) mass is 141 g/mol. The van der Waals surface area contributed by atoms with Gasteiger partial charge in [0.25, 0.3) is 0 Å². The molecule has 0 heterocycles. The van der Waals surface area contributed by atoms with E-state index >= 15 is 0 Å². The Hall–Kier alpha value is 0.870. The molecule has 1 nitrogen and oxygen atoms in total. The van der Waals surface area contributed by atoms with E-state index in [2.05, 4.69) is 0 Å². The predicted molar refractivity (Wildman–Crippen MR) is 17.9 cm³/mol. The van der Waals surface area contributed by atoms with E-state index in [0.29, 0.717) is 0 Å². The van der Waals surface area contributed by atoms with Gasteiger partial charge in [0.15, 0.2) is 0 Å². The van der Waals surface area contributed by atoms with Crippen LogP contribution in [0.15, 0.2) is 0 Å². The molecule has 0 aromatic carbocycles. The third-order valence-electron chi connectivity index (χ3n) is 0. The molecule has 0 spiro atoms. The quantitative estimate of drug-likeness (QED) is 0.385. The van der Waals surface area contributed by atoms with Gasteiger partial charge in [-0.05, 0) is 0 Å². The van der Waals surface area contributed by atoms with Crippen molar-refractivity contribution in [1.82, 2.24) is 0 Å².